The number of hydrogen-bond donors (Lipinski definition) is 4. The minimum atomic E-state index is 0.0576. The van der Waals surface area contributed by atoms with Crippen molar-refractivity contribution in [3.8, 4) is 0 Å². The average Bonchev–Trinajstić information content (AvgIpc) is 2.11. The Kier molecular flexibility index (Phi) is 8.31. The third-order valence-electron chi connectivity index (χ3n) is 2.87. The first-order chi connectivity index (χ1) is 8.01. The number of nitrogens with one attached hydrogen (secondary N) is 2. The minimum Gasteiger partial charge on any atom is -0.315 e. The zero-order valence-corrected chi connectivity index (χ0v) is 14.7. The third kappa shape index (κ3) is 11.7. The van der Waals surface area contributed by atoms with Crippen molar-refractivity contribution in [1.29, 1.82) is 0 Å². The van der Waals surface area contributed by atoms with Crippen LogP contribution in [0, 0.1) is 11.8 Å². The van der Waals surface area contributed by atoms with Crippen LogP contribution in [0.5, 0.6) is 0 Å². The second-order valence-corrected chi connectivity index (χ2v) is 9.31. The van der Waals surface area contributed by atoms with E-state index in [2.05, 4.69) is 77.4 Å². The first-order valence-electron chi connectivity index (χ1n) is 6.87. The molecule has 0 atom stereocenters. The molecule has 4 heteroatoms. The highest BCUT2D eigenvalue weighted by Crippen LogP contribution is 2.13. The van der Waals surface area contributed by atoms with Crippen molar-refractivity contribution >= 4 is 25.3 Å². The van der Waals surface area contributed by atoms with E-state index in [4.69, 9.17) is 0 Å². The molecule has 0 aromatic heterocycles. The SMILES string of the molecule is CC(C)C(CNCC(C)(C)S)CNCC(C)(C)S. The molecule has 0 saturated carbocycles. The molecule has 0 aliphatic rings. The van der Waals surface area contributed by atoms with Crippen molar-refractivity contribution in [1.82, 2.24) is 10.6 Å². The molecule has 18 heavy (non-hydrogen) atoms. The van der Waals surface area contributed by atoms with Crippen LogP contribution in [-0.2, 0) is 0 Å². The van der Waals surface area contributed by atoms with Gasteiger partial charge in [0.2, 0.25) is 0 Å². The number of thiol groups is 2. The van der Waals surface area contributed by atoms with E-state index >= 15 is 0 Å². The molecule has 0 amide bonds. The summed E-state index contributed by atoms with van der Waals surface area (Å²) in [4.78, 5) is 0. The summed E-state index contributed by atoms with van der Waals surface area (Å²) in [6.45, 7) is 17.1. The molecule has 0 aromatic carbocycles. The van der Waals surface area contributed by atoms with E-state index < -0.39 is 0 Å². The molecule has 0 bridgehead atoms. The third-order valence-corrected chi connectivity index (χ3v) is 3.19. The normalized spacial score (nSPS) is 13.7. The van der Waals surface area contributed by atoms with Crippen molar-refractivity contribution in [2.75, 3.05) is 26.2 Å². The highest BCUT2D eigenvalue weighted by Gasteiger charge is 2.17. The van der Waals surface area contributed by atoms with Gasteiger partial charge in [0.05, 0.1) is 0 Å². The molecule has 0 radical (unpaired) electrons. The van der Waals surface area contributed by atoms with Gasteiger partial charge < -0.3 is 10.6 Å². The van der Waals surface area contributed by atoms with Gasteiger partial charge in [-0.1, -0.05) is 13.8 Å². The molecule has 2 nitrogen and oxygen atoms in total. The highest BCUT2D eigenvalue weighted by atomic mass is 32.1. The zero-order valence-electron chi connectivity index (χ0n) is 12.9. The van der Waals surface area contributed by atoms with Crippen LogP contribution < -0.4 is 10.6 Å². The quantitative estimate of drug-likeness (QED) is 0.491. The largest absolute Gasteiger partial charge is 0.315 e. The van der Waals surface area contributed by atoms with Gasteiger partial charge in [0, 0.05) is 22.6 Å². The molecule has 0 rings (SSSR count). The lowest BCUT2D eigenvalue weighted by Gasteiger charge is -2.26. The Morgan fingerprint density at radius 2 is 1.17 bits per heavy atom. The molecule has 0 aromatic rings. The van der Waals surface area contributed by atoms with Gasteiger partial charge in [0.1, 0.15) is 0 Å². The van der Waals surface area contributed by atoms with Crippen molar-refractivity contribution in [3.05, 3.63) is 0 Å². The molecular formula is C14H32N2S2. The summed E-state index contributed by atoms with van der Waals surface area (Å²) in [7, 11) is 0. The van der Waals surface area contributed by atoms with Crippen LogP contribution in [0.1, 0.15) is 41.5 Å². The Bertz CT molecular complexity index is 197. The van der Waals surface area contributed by atoms with Gasteiger partial charge in [0.25, 0.3) is 0 Å². The maximum Gasteiger partial charge on any atom is 0.0198 e. The number of rotatable bonds is 9. The lowest BCUT2D eigenvalue weighted by atomic mass is 9.95. The standard InChI is InChI=1S/C14H32N2S2/c1-11(2)12(7-15-9-13(3,4)17)8-16-10-14(5,6)18/h11-12,15-18H,7-10H2,1-6H3. The van der Waals surface area contributed by atoms with E-state index in [-0.39, 0.29) is 9.49 Å². The van der Waals surface area contributed by atoms with E-state index in [1.54, 1.807) is 0 Å². The summed E-state index contributed by atoms with van der Waals surface area (Å²) in [6.07, 6.45) is 0. The van der Waals surface area contributed by atoms with E-state index in [1.165, 1.54) is 0 Å². The van der Waals surface area contributed by atoms with Crippen LogP contribution in [0.15, 0.2) is 0 Å². The molecule has 0 spiro atoms. The van der Waals surface area contributed by atoms with Gasteiger partial charge in [-0.15, -0.1) is 0 Å². The lowest BCUT2D eigenvalue weighted by Crippen LogP contribution is -2.41. The van der Waals surface area contributed by atoms with E-state index in [0.717, 1.165) is 26.2 Å². The summed E-state index contributed by atoms with van der Waals surface area (Å²) in [5.74, 6) is 1.33. The van der Waals surface area contributed by atoms with Gasteiger partial charge >= 0.3 is 0 Å². The molecule has 110 valence electrons. The average molecular weight is 293 g/mol. The van der Waals surface area contributed by atoms with E-state index in [1.807, 2.05) is 0 Å². The molecule has 0 heterocycles. The Balaban J connectivity index is 3.94. The first kappa shape index (κ1) is 18.6. The topological polar surface area (TPSA) is 24.1 Å². The Labute approximate surface area is 125 Å². The minimum absolute atomic E-state index is 0.0576. The van der Waals surface area contributed by atoms with Crippen molar-refractivity contribution in [2.24, 2.45) is 11.8 Å². The van der Waals surface area contributed by atoms with Gasteiger partial charge in [-0.25, -0.2) is 0 Å². The first-order valence-corrected chi connectivity index (χ1v) is 7.77. The van der Waals surface area contributed by atoms with Gasteiger partial charge in [-0.2, -0.15) is 25.3 Å². The van der Waals surface area contributed by atoms with Crippen LogP contribution in [0.3, 0.4) is 0 Å². The predicted octanol–water partition coefficient (Wildman–Crippen LogP) is 2.85. The molecule has 0 unspecified atom stereocenters. The fourth-order valence-electron chi connectivity index (χ4n) is 1.67. The Morgan fingerprint density at radius 3 is 1.39 bits per heavy atom. The second kappa shape index (κ2) is 8.03. The predicted molar refractivity (Wildman–Crippen MR) is 90.2 cm³/mol. The van der Waals surface area contributed by atoms with Gasteiger partial charge in [0.15, 0.2) is 0 Å². The maximum absolute atomic E-state index is 4.53. The van der Waals surface area contributed by atoms with Crippen LogP contribution in [-0.4, -0.2) is 35.7 Å². The monoisotopic (exact) mass is 292 g/mol. The number of hydrogen-bond acceptors (Lipinski definition) is 4. The van der Waals surface area contributed by atoms with Gasteiger partial charge in [-0.3, -0.25) is 0 Å². The fraction of sp³-hybridized carbons (Fsp3) is 1.00. The van der Waals surface area contributed by atoms with Crippen LogP contribution in [0.25, 0.3) is 0 Å². The second-order valence-electron chi connectivity index (χ2n) is 6.89. The summed E-state index contributed by atoms with van der Waals surface area (Å²) in [6, 6.07) is 0. The molecule has 0 aliphatic carbocycles. The molecule has 0 saturated heterocycles. The summed E-state index contributed by atoms with van der Waals surface area (Å²) >= 11 is 9.06. The van der Waals surface area contributed by atoms with E-state index in [9.17, 15) is 0 Å². The van der Waals surface area contributed by atoms with Crippen LogP contribution in [0.2, 0.25) is 0 Å². The molecule has 0 fully saturated rings. The Hall–Kier alpha value is 0.620. The smallest absolute Gasteiger partial charge is 0.0198 e. The molecular weight excluding hydrogens is 260 g/mol. The highest BCUT2D eigenvalue weighted by molar-refractivity contribution is 7.82. The molecule has 0 aliphatic heterocycles. The van der Waals surface area contributed by atoms with Crippen molar-refractivity contribution < 1.29 is 0 Å². The van der Waals surface area contributed by atoms with Gasteiger partial charge in [-0.05, 0) is 52.6 Å². The molecule has 2 N–H and O–H groups in total. The summed E-state index contributed by atoms with van der Waals surface area (Å²) in [5.41, 5.74) is 0. The summed E-state index contributed by atoms with van der Waals surface area (Å²) in [5, 5.41) is 7.04. The fourth-order valence-corrected chi connectivity index (χ4v) is 1.89. The van der Waals surface area contributed by atoms with Crippen molar-refractivity contribution in [3.63, 3.8) is 0 Å². The van der Waals surface area contributed by atoms with Crippen LogP contribution in [0.4, 0.5) is 0 Å². The summed E-state index contributed by atoms with van der Waals surface area (Å²) < 4.78 is 0.115. The lowest BCUT2D eigenvalue weighted by molar-refractivity contribution is 0.338. The Morgan fingerprint density at radius 1 is 0.833 bits per heavy atom. The van der Waals surface area contributed by atoms with Crippen LogP contribution >= 0.6 is 25.3 Å². The zero-order chi connectivity index (χ0) is 14.4. The van der Waals surface area contributed by atoms with Crippen molar-refractivity contribution in [2.45, 2.75) is 51.0 Å². The van der Waals surface area contributed by atoms with E-state index in [0.29, 0.717) is 11.8 Å². The maximum atomic E-state index is 4.53.